The van der Waals surface area contributed by atoms with Crippen molar-refractivity contribution in [3.05, 3.63) is 41.9 Å². The average molecular weight is 257 g/mol. The number of aliphatic hydroxyl groups is 1. The van der Waals surface area contributed by atoms with Crippen molar-refractivity contribution in [2.24, 2.45) is 7.05 Å². The molecule has 0 saturated heterocycles. The SMILES string of the molecule is Cn1nc(Cn2cc(CCO)nn2)c2ccccc21. The van der Waals surface area contributed by atoms with E-state index in [1.165, 1.54) is 0 Å². The molecule has 0 radical (unpaired) electrons. The molecular formula is C13H15N5O. The second-order valence-corrected chi connectivity index (χ2v) is 4.47. The van der Waals surface area contributed by atoms with E-state index in [2.05, 4.69) is 21.5 Å². The molecule has 6 nitrogen and oxygen atoms in total. The molecule has 2 heterocycles. The Morgan fingerprint density at radius 3 is 2.95 bits per heavy atom. The van der Waals surface area contributed by atoms with Gasteiger partial charge in [0.15, 0.2) is 0 Å². The highest BCUT2D eigenvalue weighted by molar-refractivity contribution is 5.81. The van der Waals surface area contributed by atoms with Crippen LogP contribution in [0.3, 0.4) is 0 Å². The smallest absolute Gasteiger partial charge is 0.0918 e. The third-order valence-corrected chi connectivity index (χ3v) is 3.10. The van der Waals surface area contributed by atoms with E-state index < -0.39 is 0 Å². The van der Waals surface area contributed by atoms with Crippen molar-refractivity contribution in [1.29, 1.82) is 0 Å². The number of nitrogens with zero attached hydrogens (tertiary/aromatic N) is 5. The predicted octanol–water partition coefficient (Wildman–Crippen LogP) is 0.748. The summed E-state index contributed by atoms with van der Waals surface area (Å²) in [6.45, 7) is 0.672. The third kappa shape index (κ3) is 2.22. The van der Waals surface area contributed by atoms with E-state index in [1.807, 2.05) is 36.1 Å². The Morgan fingerprint density at radius 2 is 2.11 bits per heavy atom. The van der Waals surface area contributed by atoms with Crippen LogP contribution < -0.4 is 0 Å². The maximum atomic E-state index is 8.87. The lowest BCUT2D eigenvalue weighted by atomic mass is 10.2. The van der Waals surface area contributed by atoms with Crippen molar-refractivity contribution in [3.63, 3.8) is 0 Å². The molecule has 1 N–H and O–H groups in total. The lowest BCUT2D eigenvalue weighted by Crippen LogP contribution is -2.02. The lowest BCUT2D eigenvalue weighted by Gasteiger charge is -1.96. The van der Waals surface area contributed by atoms with E-state index in [4.69, 9.17) is 5.11 Å². The van der Waals surface area contributed by atoms with Crippen LogP contribution in [-0.4, -0.2) is 36.5 Å². The van der Waals surface area contributed by atoms with Gasteiger partial charge in [0.25, 0.3) is 0 Å². The third-order valence-electron chi connectivity index (χ3n) is 3.10. The summed E-state index contributed by atoms with van der Waals surface area (Å²) in [5.74, 6) is 0. The molecule has 19 heavy (non-hydrogen) atoms. The summed E-state index contributed by atoms with van der Waals surface area (Å²) >= 11 is 0. The molecule has 3 rings (SSSR count). The highest BCUT2D eigenvalue weighted by Gasteiger charge is 2.09. The topological polar surface area (TPSA) is 68.8 Å². The van der Waals surface area contributed by atoms with Crippen LogP contribution in [0.1, 0.15) is 11.4 Å². The Bertz CT molecular complexity index is 700. The molecule has 2 aromatic heterocycles. The minimum absolute atomic E-state index is 0.0885. The first-order valence-electron chi connectivity index (χ1n) is 6.18. The van der Waals surface area contributed by atoms with E-state index in [9.17, 15) is 0 Å². The number of fused-ring (bicyclic) bond motifs is 1. The quantitative estimate of drug-likeness (QED) is 0.748. The van der Waals surface area contributed by atoms with Gasteiger partial charge in [-0.15, -0.1) is 5.10 Å². The second-order valence-electron chi connectivity index (χ2n) is 4.47. The summed E-state index contributed by atoms with van der Waals surface area (Å²) in [6.07, 6.45) is 2.38. The number of aliphatic hydroxyl groups excluding tert-OH is 1. The highest BCUT2D eigenvalue weighted by atomic mass is 16.3. The van der Waals surface area contributed by atoms with Gasteiger partial charge in [0.2, 0.25) is 0 Å². The Hall–Kier alpha value is -2.21. The summed E-state index contributed by atoms with van der Waals surface area (Å²) in [5.41, 5.74) is 2.87. The maximum Gasteiger partial charge on any atom is 0.0918 e. The van der Waals surface area contributed by atoms with E-state index in [0.29, 0.717) is 13.0 Å². The summed E-state index contributed by atoms with van der Waals surface area (Å²) < 4.78 is 3.62. The van der Waals surface area contributed by atoms with Gasteiger partial charge in [-0.2, -0.15) is 5.10 Å². The zero-order valence-electron chi connectivity index (χ0n) is 10.7. The molecule has 0 aliphatic rings. The molecule has 0 spiro atoms. The highest BCUT2D eigenvalue weighted by Crippen LogP contribution is 2.18. The number of aromatic nitrogens is 5. The molecule has 0 unspecified atom stereocenters. The largest absolute Gasteiger partial charge is 0.396 e. The van der Waals surface area contributed by atoms with Crippen molar-refractivity contribution in [3.8, 4) is 0 Å². The van der Waals surface area contributed by atoms with Crippen molar-refractivity contribution >= 4 is 10.9 Å². The second kappa shape index (κ2) is 4.81. The van der Waals surface area contributed by atoms with Crippen LogP contribution in [0.2, 0.25) is 0 Å². The van der Waals surface area contributed by atoms with Gasteiger partial charge in [-0.1, -0.05) is 23.4 Å². The Balaban J connectivity index is 1.92. The molecule has 1 aromatic carbocycles. The van der Waals surface area contributed by atoms with Crippen LogP contribution in [0.15, 0.2) is 30.5 Å². The molecule has 6 heteroatoms. The molecule has 98 valence electrons. The fraction of sp³-hybridized carbons (Fsp3) is 0.308. The minimum atomic E-state index is 0.0885. The standard InChI is InChI=1S/C13H15N5O/c1-17-13-5-3-2-4-11(13)12(15-17)9-18-8-10(6-7-19)14-16-18/h2-5,8,19H,6-7,9H2,1H3. The van der Waals surface area contributed by atoms with Crippen molar-refractivity contribution < 1.29 is 5.11 Å². The molecular weight excluding hydrogens is 242 g/mol. The first-order chi connectivity index (χ1) is 9.28. The van der Waals surface area contributed by atoms with Crippen LogP contribution >= 0.6 is 0 Å². The molecule has 3 aromatic rings. The number of para-hydroxylation sites is 1. The molecule has 0 aliphatic heterocycles. The Kier molecular flexibility index (Phi) is 3.00. The van der Waals surface area contributed by atoms with Crippen LogP contribution in [-0.2, 0) is 20.0 Å². The van der Waals surface area contributed by atoms with Gasteiger partial charge in [0.05, 0.1) is 23.4 Å². The Morgan fingerprint density at radius 1 is 1.26 bits per heavy atom. The van der Waals surface area contributed by atoms with Crippen molar-refractivity contribution in [1.82, 2.24) is 24.8 Å². The molecule has 0 amide bonds. The number of aryl methyl sites for hydroxylation is 1. The van der Waals surface area contributed by atoms with E-state index in [1.54, 1.807) is 4.68 Å². The summed E-state index contributed by atoms with van der Waals surface area (Å²) in [6, 6.07) is 8.11. The van der Waals surface area contributed by atoms with Crippen LogP contribution in [0, 0.1) is 0 Å². The van der Waals surface area contributed by atoms with Crippen molar-refractivity contribution in [2.45, 2.75) is 13.0 Å². The first-order valence-corrected chi connectivity index (χ1v) is 6.18. The zero-order valence-corrected chi connectivity index (χ0v) is 10.7. The first kappa shape index (κ1) is 11.9. The van der Waals surface area contributed by atoms with Crippen LogP contribution in [0.4, 0.5) is 0 Å². The summed E-state index contributed by atoms with van der Waals surface area (Å²) in [7, 11) is 1.93. The van der Waals surface area contributed by atoms with Gasteiger partial charge in [-0.3, -0.25) is 4.68 Å². The number of hydrogen-bond donors (Lipinski definition) is 1. The average Bonchev–Trinajstić information content (AvgIpc) is 2.97. The number of hydrogen-bond acceptors (Lipinski definition) is 4. The number of benzene rings is 1. The Labute approximate surface area is 110 Å². The maximum absolute atomic E-state index is 8.87. The lowest BCUT2D eigenvalue weighted by molar-refractivity contribution is 0.298. The van der Waals surface area contributed by atoms with Gasteiger partial charge in [0.1, 0.15) is 0 Å². The number of rotatable bonds is 4. The van der Waals surface area contributed by atoms with Crippen LogP contribution in [0.25, 0.3) is 10.9 Å². The van der Waals surface area contributed by atoms with Gasteiger partial charge in [0, 0.05) is 31.7 Å². The molecule has 0 fully saturated rings. The molecule has 0 bridgehead atoms. The summed E-state index contributed by atoms with van der Waals surface area (Å²) in [4.78, 5) is 0. The van der Waals surface area contributed by atoms with Crippen LogP contribution in [0.5, 0.6) is 0 Å². The van der Waals surface area contributed by atoms with Gasteiger partial charge in [-0.05, 0) is 6.07 Å². The van der Waals surface area contributed by atoms with E-state index in [-0.39, 0.29) is 6.61 Å². The predicted molar refractivity (Wildman–Crippen MR) is 70.6 cm³/mol. The molecule has 0 aliphatic carbocycles. The van der Waals surface area contributed by atoms with Crippen molar-refractivity contribution in [2.75, 3.05) is 6.61 Å². The monoisotopic (exact) mass is 257 g/mol. The zero-order chi connectivity index (χ0) is 13.2. The fourth-order valence-corrected chi connectivity index (χ4v) is 2.20. The van der Waals surface area contributed by atoms with Gasteiger partial charge < -0.3 is 5.11 Å². The van der Waals surface area contributed by atoms with E-state index >= 15 is 0 Å². The minimum Gasteiger partial charge on any atom is -0.396 e. The van der Waals surface area contributed by atoms with Gasteiger partial charge in [-0.25, -0.2) is 4.68 Å². The van der Waals surface area contributed by atoms with Gasteiger partial charge >= 0.3 is 0 Å². The van der Waals surface area contributed by atoms with E-state index in [0.717, 1.165) is 22.3 Å². The molecule has 0 atom stereocenters. The normalized spacial score (nSPS) is 11.3. The molecule has 0 saturated carbocycles. The fourth-order valence-electron chi connectivity index (χ4n) is 2.20. The summed E-state index contributed by atoms with van der Waals surface area (Å²) in [5, 5.41) is 22.6.